The van der Waals surface area contributed by atoms with E-state index in [1.165, 1.54) is 11.1 Å². The van der Waals surface area contributed by atoms with Crippen LogP contribution in [0.5, 0.6) is 0 Å². The summed E-state index contributed by atoms with van der Waals surface area (Å²) in [5.41, 5.74) is 3.51. The number of nitrogens with one attached hydrogen (secondary N) is 1. The van der Waals surface area contributed by atoms with Gasteiger partial charge in [0.25, 0.3) is 0 Å². The zero-order chi connectivity index (χ0) is 13.1. The first kappa shape index (κ1) is 13.1. The molecule has 1 amide bonds. The van der Waals surface area contributed by atoms with Crippen LogP contribution in [0.2, 0.25) is 0 Å². The summed E-state index contributed by atoms with van der Waals surface area (Å²) in [6, 6.07) is 6.08. The highest BCUT2D eigenvalue weighted by Crippen LogP contribution is 2.24. The lowest BCUT2D eigenvalue weighted by Gasteiger charge is -2.30. The Hall–Kier alpha value is -1.35. The molecule has 18 heavy (non-hydrogen) atoms. The molecule has 1 aliphatic rings. The third kappa shape index (κ3) is 2.56. The first-order valence-corrected chi connectivity index (χ1v) is 6.72. The van der Waals surface area contributed by atoms with E-state index < -0.39 is 0 Å². The molecular weight excluding hydrogens is 224 g/mol. The number of hydrogen-bond acceptors (Lipinski definition) is 2. The minimum absolute atomic E-state index is 0.0924. The highest BCUT2D eigenvalue weighted by atomic mass is 16.2. The van der Waals surface area contributed by atoms with E-state index in [1.54, 1.807) is 0 Å². The van der Waals surface area contributed by atoms with Crippen molar-refractivity contribution >= 4 is 11.6 Å². The predicted molar refractivity (Wildman–Crippen MR) is 75.0 cm³/mol. The van der Waals surface area contributed by atoms with E-state index in [-0.39, 0.29) is 11.9 Å². The molecule has 0 radical (unpaired) electrons. The molecule has 1 aromatic rings. The fourth-order valence-electron chi connectivity index (χ4n) is 2.41. The molecular formula is C15H22N2O. The van der Waals surface area contributed by atoms with Crippen molar-refractivity contribution in [1.82, 2.24) is 5.32 Å². The van der Waals surface area contributed by atoms with Gasteiger partial charge in [0, 0.05) is 12.2 Å². The number of carbonyl (C=O) groups is 1. The average molecular weight is 246 g/mol. The molecule has 98 valence electrons. The Kier molecular flexibility index (Phi) is 4.02. The van der Waals surface area contributed by atoms with Gasteiger partial charge in [-0.15, -0.1) is 0 Å². The first-order valence-electron chi connectivity index (χ1n) is 6.72. The Balaban J connectivity index is 2.33. The number of nitrogens with zero attached hydrogens (tertiary/aromatic N) is 1. The van der Waals surface area contributed by atoms with Crippen LogP contribution in [-0.2, 0) is 4.79 Å². The highest BCUT2D eigenvalue weighted by Gasteiger charge is 2.24. The van der Waals surface area contributed by atoms with Crippen molar-refractivity contribution in [2.24, 2.45) is 0 Å². The van der Waals surface area contributed by atoms with E-state index in [9.17, 15) is 4.79 Å². The number of amides is 1. The summed E-state index contributed by atoms with van der Waals surface area (Å²) >= 11 is 0. The second-order valence-corrected chi connectivity index (χ2v) is 5.09. The molecule has 0 saturated carbocycles. The van der Waals surface area contributed by atoms with Crippen LogP contribution in [-0.4, -0.2) is 25.0 Å². The second-order valence-electron chi connectivity index (χ2n) is 5.09. The molecule has 3 nitrogen and oxygen atoms in total. The van der Waals surface area contributed by atoms with Crippen molar-refractivity contribution in [3.8, 4) is 0 Å². The van der Waals surface area contributed by atoms with Crippen molar-refractivity contribution in [1.29, 1.82) is 0 Å². The van der Waals surface area contributed by atoms with E-state index in [4.69, 9.17) is 0 Å². The van der Waals surface area contributed by atoms with Gasteiger partial charge in [-0.3, -0.25) is 4.79 Å². The Bertz CT molecular complexity index is 442. The SMILES string of the molecule is Cc1cccc(N2CCCCNC(C)C2=O)c1C. The van der Waals surface area contributed by atoms with Crippen LogP contribution in [0.4, 0.5) is 5.69 Å². The number of hydrogen-bond donors (Lipinski definition) is 1. The van der Waals surface area contributed by atoms with Crippen LogP contribution >= 0.6 is 0 Å². The maximum absolute atomic E-state index is 12.4. The molecule has 0 aliphatic carbocycles. The lowest BCUT2D eigenvalue weighted by molar-refractivity contribution is -0.120. The van der Waals surface area contributed by atoms with Gasteiger partial charge in [-0.1, -0.05) is 12.1 Å². The topological polar surface area (TPSA) is 32.3 Å². The van der Waals surface area contributed by atoms with E-state index in [0.717, 1.165) is 31.6 Å². The van der Waals surface area contributed by atoms with Crippen molar-refractivity contribution in [2.45, 2.75) is 39.7 Å². The summed E-state index contributed by atoms with van der Waals surface area (Å²) in [5.74, 6) is 0.184. The fourth-order valence-corrected chi connectivity index (χ4v) is 2.41. The summed E-state index contributed by atoms with van der Waals surface area (Å²) < 4.78 is 0. The van der Waals surface area contributed by atoms with Gasteiger partial charge in [-0.05, 0) is 57.4 Å². The van der Waals surface area contributed by atoms with Crippen LogP contribution in [0.1, 0.15) is 30.9 Å². The molecule has 1 saturated heterocycles. The van der Waals surface area contributed by atoms with Crippen molar-refractivity contribution in [2.75, 3.05) is 18.0 Å². The molecule has 1 N–H and O–H groups in total. The Labute approximate surface area is 109 Å². The molecule has 1 atom stereocenters. The Morgan fingerprint density at radius 3 is 2.83 bits per heavy atom. The van der Waals surface area contributed by atoms with Crippen molar-refractivity contribution in [3.63, 3.8) is 0 Å². The molecule has 0 bridgehead atoms. The van der Waals surface area contributed by atoms with Gasteiger partial charge < -0.3 is 10.2 Å². The molecule has 1 aliphatic heterocycles. The van der Waals surface area contributed by atoms with Crippen LogP contribution in [0.3, 0.4) is 0 Å². The number of aryl methyl sites for hydroxylation is 1. The quantitative estimate of drug-likeness (QED) is 0.825. The minimum Gasteiger partial charge on any atom is -0.311 e. The molecule has 1 heterocycles. The van der Waals surface area contributed by atoms with E-state index in [2.05, 4.69) is 31.3 Å². The average Bonchev–Trinajstić information content (AvgIpc) is 2.35. The van der Waals surface area contributed by atoms with Gasteiger partial charge in [-0.2, -0.15) is 0 Å². The van der Waals surface area contributed by atoms with Gasteiger partial charge in [-0.25, -0.2) is 0 Å². The highest BCUT2D eigenvalue weighted by molar-refractivity contribution is 5.97. The normalized spacial score (nSPS) is 21.6. The zero-order valence-electron chi connectivity index (χ0n) is 11.5. The zero-order valence-corrected chi connectivity index (χ0v) is 11.5. The van der Waals surface area contributed by atoms with E-state index >= 15 is 0 Å². The summed E-state index contributed by atoms with van der Waals surface area (Å²) in [4.78, 5) is 14.4. The van der Waals surface area contributed by atoms with Gasteiger partial charge in [0.15, 0.2) is 0 Å². The van der Waals surface area contributed by atoms with Gasteiger partial charge in [0.1, 0.15) is 0 Å². The molecule has 3 heteroatoms. The van der Waals surface area contributed by atoms with Gasteiger partial charge in [0.05, 0.1) is 6.04 Å². The third-order valence-electron chi connectivity index (χ3n) is 3.76. The maximum Gasteiger partial charge on any atom is 0.243 e. The maximum atomic E-state index is 12.4. The second kappa shape index (κ2) is 5.53. The summed E-state index contributed by atoms with van der Waals surface area (Å²) in [6.07, 6.45) is 2.18. The van der Waals surface area contributed by atoms with Crippen LogP contribution in [0.25, 0.3) is 0 Å². The number of carbonyl (C=O) groups excluding carboxylic acids is 1. The summed E-state index contributed by atoms with van der Waals surface area (Å²) in [7, 11) is 0. The molecule has 1 fully saturated rings. The van der Waals surface area contributed by atoms with E-state index in [1.807, 2.05) is 17.9 Å². The Morgan fingerprint density at radius 1 is 1.28 bits per heavy atom. The smallest absolute Gasteiger partial charge is 0.243 e. The molecule has 0 spiro atoms. The van der Waals surface area contributed by atoms with Crippen LogP contribution in [0, 0.1) is 13.8 Å². The van der Waals surface area contributed by atoms with Crippen molar-refractivity contribution < 1.29 is 4.79 Å². The fraction of sp³-hybridized carbons (Fsp3) is 0.533. The predicted octanol–water partition coefficient (Wildman–Crippen LogP) is 2.41. The molecule has 1 aromatic carbocycles. The molecule has 1 unspecified atom stereocenters. The first-order chi connectivity index (χ1) is 8.61. The summed E-state index contributed by atoms with van der Waals surface area (Å²) in [5, 5.41) is 3.28. The minimum atomic E-state index is -0.0924. The standard InChI is InChI=1S/C15H22N2O/c1-11-7-6-8-14(12(11)2)17-10-5-4-9-16-13(3)15(17)18/h6-8,13,16H,4-5,9-10H2,1-3H3. The number of anilines is 1. The summed E-state index contributed by atoms with van der Waals surface area (Å²) in [6.45, 7) is 7.90. The lowest BCUT2D eigenvalue weighted by Crippen LogP contribution is -2.47. The van der Waals surface area contributed by atoms with Gasteiger partial charge in [0.2, 0.25) is 5.91 Å². The monoisotopic (exact) mass is 246 g/mol. The number of benzene rings is 1. The number of rotatable bonds is 1. The molecule has 2 rings (SSSR count). The van der Waals surface area contributed by atoms with Gasteiger partial charge >= 0.3 is 0 Å². The molecule has 0 aromatic heterocycles. The Morgan fingerprint density at radius 2 is 2.06 bits per heavy atom. The van der Waals surface area contributed by atoms with Crippen LogP contribution in [0.15, 0.2) is 18.2 Å². The lowest BCUT2D eigenvalue weighted by atomic mass is 10.1. The third-order valence-corrected chi connectivity index (χ3v) is 3.76. The van der Waals surface area contributed by atoms with Crippen LogP contribution < -0.4 is 10.2 Å². The van der Waals surface area contributed by atoms with Crippen molar-refractivity contribution in [3.05, 3.63) is 29.3 Å². The largest absolute Gasteiger partial charge is 0.311 e. The van der Waals surface area contributed by atoms with E-state index in [0.29, 0.717) is 0 Å².